The van der Waals surface area contributed by atoms with Crippen molar-refractivity contribution in [1.82, 2.24) is 9.78 Å². The summed E-state index contributed by atoms with van der Waals surface area (Å²) in [6, 6.07) is 1.81. The summed E-state index contributed by atoms with van der Waals surface area (Å²) in [4.78, 5) is 17.3. The van der Waals surface area contributed by atoms with Gasteiger partial charge in [-0.15, -0.1) is 0 Å². The first-order valence-electron chi connectivity index (χ1n) is 4.32. The predicted octanol–water partition coefficient (Wildman–Crippen LogP) is 0.423. The zero-order valence-corrected chi connectivity index (χ0v) is 11.7. The van der Waals surface area contributed by atoms with Crippen molar-refractivity contribution >= 4 is 28.2 Å². The van der Waals surface area contributed by atoms with Crippen LogP contribution in [0.2, 0.25) is 14.8 Å². The Kier molecular flexibility index (Phi) is 3.08. The molecule has 5 nitrogen and oxygen atoms in total. The van der Waals surface area contributed by atoms with Gasteiger partial charge in [-0.3, -0.25) is 0 Å². The van der Waals surface area contributed by atoms with Gasteiger partial charge >= 0.3 is 87.0 Å². The van der Waals surface area contributed by atoms with Gasteiger partial charge in [0.1, 0.15) is 0 Å². The van der Waals surface area contributed by atoms with E-state index in [1.807, 2.05) is 7.05 Å². The Morgan fingerprint density at radius 1 is 1.57 bits per heavy atom. The van der Waals surface area contributed by atoms with Crippen LogP contribution in [-0.4, -0.2) is 34.3 Å². The monoisotopic (exact) mass is 305 g/mol. The van der Waals surface area contributed by atoms with Crippen molar-refractivity contribution in [2.75, 3.05) is 0 Å². The molecule has 1 rings (SSSR count). The molecule has 0 saturated heterocycles. The Balaban J connectivity index is 2.99. The van der Waals surface area contributed by atoms with Gasteiger partial charge in [-0.1, -0.05) is 0 Å². The third-order valence-corrected chi connectivity index (χ3v) is 7.55. The van der Waals surface area contributed by atoms with E-state index in [0.29, 0.717) is 5.88 Å². The average molecular weight is 304 g/mol. The van der Waals surface area contributed by atoms with Crippen LogP contribution >= 0.6 is 0 Å². The van der Waals surface area contributed by atoms with Crippen LogP contribution in [0.5, 0.6) is 5.88 Å². The summed E-state index contributed by atoms with van der Waals surface area (Å²) in [6.07, 6.45) is -0.821. The molecule has 14 heavy (non-hydrogen) atoms. The number of nitrogens with zero attached hydrogens (tertiary/aromatic N) is 2. The Bertz CT molecular complexity index is 354. The molecule has 1 amide bonds. The van der Waals surface area contributed by atoms with Crippen molar-refractivity contribution in [2.45, 2.75) is 14.8 Å². The summed E-state index contributed by atoms with van der Waals surface area (Å²) in [5.74, 6) is 0.293. The number of hydrogen-bond donors (Lipinski definition) is 1. The molecule has 0 radical (unpaired) electrons. The van der Waals surface area contributed by atoms with Crippen molar-refractivity contribution in [2.24, 2.45) is 12.8 Å². The Morgan fingerprint density at radius 2 is 2.14 bits per heavy atom. The van der Waals surface area contributed by atoms with E-state index < -0.39 is 24.5 Å². The third-order valence-electron chi connectivity index (χ3n) is 1.83. The third kappa shape index (κ3) is 2.63. The molecule has 78 valence electrons. The average Bonchev–Trinajstić information content (AvgIpc) is 2.27. The number of primary amides is 1. The van der Waals surface area contributed by atoms with Gasteiger partial charge in [0, 0.05) is 0 Å². The second-order valence-electron chi connectivity index (χ2n) is 4.16. The minimum absolute atomic E-state index is 0.293. The quantitative estimate of drug-likeness (QED) is 0.805. The topological polar surface area (TPSA) is 70.1 Å². The number of carbonyl (C=O) groups is 1. The molecule has 6 heteroatoms. The molecule has 0 unspecified atom stereocenters. The van der Waals surface area contributed by atoms with E-state index in [2.05, 4.69) is 19.9 Å². The van der Waals surface area contributed by atoms with Gasteiger partial charge in [0.15, 0.2) is 0 Å². The summed E-state index contributed by atoms with van der Waals surface area (Å²) in [7, 11) is 1.85. The molecular weight excluding hydrogens is 289 g/mol. The molecule has 1 aromatic rings. The van der Waals surface area contributed by atoms with Gasteiger partial charge in [0.05, 0.1) is 0 Å². The molecule has 0 aliphatic carbocycles. The number of nitrogens with two attached hydrogens (primary N) is 1. The molecule has 1 aromatic heterocycles. The van der Waals surface area contributed by atoms with Crippen LogP contribution in [0.15, 0.2) is 6.07 Å². The molecule has 0 spiro atoms. The summed E-state index contributed by atoms with van der Waals surface area (Å²) in [5.41, 5.74) is 4.90. The van der Waals surface area contributed by atoms with E-state index in [9.17, 15) is 4.79 Å². The molecule has 0 aromatic carbocycles. The number of amides is 1. The van der Waals surface area contributed by atoms with Crippen molar-refractivity contribution in [1.29, 1.82) is 0 Å². The standard InChI is InChI=1S/C5H6N3O2.3CH3.Sn/c1-8-3-2-4(7-8)10-5(6)9;;;;/h2H,1H3,(H2,6,9);3*1H3;. The Labute approximate surface area is 87.1 Å². The van der Waals surface area contributed by atoms with Crippen molar-refractivity contribution in [3.8, 4) is 5.88 Å². The zero-order valence-electron chi connectivity index (χ0n) is 8.87. The van der Waals surface area contributed by atoms with E-state index in [-0.39, 0.29) is 0 Å². The summed E-state index contributed by atoms with van der Waals surface area (Å²) < 4.78 is 7.67. The van der Waals surface area contributed by atoms with Crippen molar-refractivity contribution in [3.05, 3.63) is 6.07 Å². The van der Waals surface area contributed by atoms with Gasteiger partial charge in [-0.25, -0.2) is 0 Å². The molecule has 0 atom stereocenters. The van der Waals surface area contributed by atoms with Gasteiger partial charge in [0.25, 0.3) is 0 Å². The van der Waals surface area contributed by atoms with Crippen LogP contribution in [0.3, 0.4) is 0 Å². The first-order valence-corrected chi connectivity index (χ1v) is 14.3. The van der Waals surface area contributed by atoms with E-state index in [1.165, 1.54) is 3.71 Å². The number of aromatic nitrogens is 2. The maximum absolute atomic E-state index is 10.5. The molecule has 1 heterocycles. The first kappa shape index (κ1) is 11.4. The van der Waals surface area contributed by atoms with Crippen LogP contribution in [0, 0.1) is 0 Å². The molecule has 0 saturated carbocycles. The van der Waals surface area contributed by atoms with E-state index in [1.54, 1.807) is 10.7 Å². The van der Waals surface area contributed by atoms with Gasteiger partial charge in [-0.05, 0) is 0 Å². The van der Waals surface area contributed by atoms with Crippen molar-refractivity contribution < 1.29 is 9.53 Å². The first-order chi connectivity index (χ1) is 6.30. The molecule has 0 fully saturated rings. The second kappa shape index (κ2) is 3.80. The maximum atomic E-state index is 10.5. The van der Waals surface area contributed by atoms with Crippen molar-refractivity contribution in [3.63, 3.8) is 0 Å². The normalized spacial score (nSPS) is 11.4. The predicted molar refractivity (Wildman–Crippen MR) is 56.4 cm³/mol. The van der Waals surface area contributed by atoms with Crippen LogP contribution in [0.1, 0.15) is 0 Å². The molecule has 2 N–H and O–H groups in total. The van der Waals surface area contributed by atoms with Crippen LogP contribution in [-0.2, 0) is 7.05 Å². The minimum atomic E-state index is -2.16. The van der Waals surface area contributed by atoms with Crippen LogP contribution in [0.4, 0.5) is 4.79 Å². The zero-order chi connectivity index (χ0) is 10.9. The SMILES string of the molecule is Cn1nc(OC(N)=O)c[c]1[Sn]([CH3])([CH3])[CH3]. The number of hydrogen-bond acceptors (Lipinski definition) is 3. The molecule has 0 bridgehead atoms. The van der Waals surface area contributed by atoms with Gasteiger partial charge < -0.3 is 0 Å². The molecule has 0 aliphatic heterocycles. The summed E-state index contributed by atoms with van der Waals surface area (Å²) in [5, 5.41) is 4.06. The Morgan fingerprint density at radius 3 is 2.50 bits per heavy atom. The fraction of sp³-hybridized carbons (Fsp3) is 0.500. The number of aryl methyl sites for hydroxylation is 1. The van der Waals surface area contributed by atoms with E-state index in [4.69, 9.17) is 10.5 Å². The van der Waals surface area contributed by atoms with Crippen LogP contribution < -0.4 is 14.2 Å². The molecular formula is C8H15N3O2Sn. The van der Waals surface area contributed by atoms with E-state index in [0.717, 1.165) is 0 Å². The molecule has 0 aliphatic rings. The fourth-order valence-corrected chi connectivity index (χ4v) is 5.80. The van der Waals surface area contributed by atoms with Gasteiger partial charge in [0.2, 0.25) is 0 Å². The number of ether oxygens (including phenoxy) is 1. The summed E-state index contributed by atoms with van der Waals surface area (Å²) >= 11 is -2.16. The summed E-state index contributed by atoms with van der Waals surface area (Å²) in [6.45, 7) is 0. The van der Waals surface area contributed by atoms with E-state index >= 15 is 0 Å². The number of carbonyl (C=O) groups excluding carboxylic acids is 1. The fourth-order valence-electron chi connectivity index (χ4n) is 1.30. The van der Waals surface area contributed by atoms with Crippen LogP contribution in [0.25, 0.3) is 0 Å². The number of rotatable bonds is 2. The second-order valence-corrected chi connectivity index (χ2v) is 18.5. The van der Waals surface area contributed by atoms with Gasteiger partial charge in [-0.2, -0.15) is 0 Å². The Hall–Kier alpha value is -0.721.